The Balaban J connectivity index is 0.000000640. The molecule has 1 aliphatic rings. The molecule has 0 aromatic heterocycles. The smallest absolute Gasteiger partial charge is 0.315 e. The third-order valence-corrected chi connectivity index (χ3v) is 1.24. The number of nitrogens with one attached hydrogen (secondary N) is 1. The lowest BCUT2D eigenvalue weighted by atomic mass is 10.0. The zero-order valence-electron chi connectivity index (χ0n) is 4.53. The van der Waals surface area contributed by atoms with E-state index in [1.54, 1.807) is 0 Å². The zero-order valence-corrected chi connectivity index (χ0v) is 5.35. The van der Waals surface area contributed by atoms with Gasteiger partial charge in [0.15, 0.2) is 0 Å². The van der Waals surface area contributed by atoms with Gasteiger partial charge in [0.05, 0.1) is 5.92 Å². The van der Waals surface area contributed by atoms with Gasteiger partial charge in [-0.1, -0.05) is 0 Å². The highest BCUT2D eigenvalue weighted by atomic mass is 35.5. The number of hydrogen-bond donors (Lipinski definition) is 1. The summed E-state index contributed by atoms with van der Waals surface area (Å²) in [6.07, 6.45) is -3.97. The highest BCUT2D eigenvalue weighted by molar-refractivity contribution is 5.85. The van der Waals surface area contributed by atoms with Crippen LogP contribution in [0, 0.1) is 5.92 Å². The first-order valence-corrected chi connectivity index (χ1v) is 2.38. The number of hydrogen-bond acceptors (Lipinski definition) is 1. The standard InChI is InChI=1S/C4H6F3N.ClH/c5-4(6,7)3-1-8-2-3;/h3,8H,1-2H2;1H. The molecule has 1 N–H and O–H groups in total. The van der Waals surface area contributed by atoms with Gasteiger partial charge in [0.2, 0.25) is 0 Å². The summed E-state index contributed by atoms with van der Waals surface area (Å²) in [5.41, 5.74) is 0. The summed E-state index contributed by atoms with van der Waals surface area (Å²) < 4.78 is 34.4. The highest BCUT2D eigenvalue weighted by Crippen LogP contribution is 2.28. The Bertz CT molecular complexity index is 88.3. The van der Waals surface area contributed by atoms with Crippen molar-refractivity contribution in [2.45, 2.75) is 6.18 Å². The molecule has 0 bridgehead atoms. The van der Waals surface area contributed by atoms with Crippen molar-refractivity contribution in [1.82, 2.24) is 5.32 Å². The molecule has 1 saturated heterocycles. The summed E-state index contributed by atoms with van der Waals surface area (Å²) in [4.78, 5) is 0. The fraction of sp³-hybridized carbons (Fsp3) is 1.00. The van der Waals surface area contributed by atoms with E-state index in [1.807, 2.05) is 0 Å². The third-order valence-electron chi connectivity index (χ3n) is 1.24. The van der Waals surface area contributed by atoms with E-state index in [0.717, 1.165) is 0 Å². The maximum atomic E-state index is 11.5. The van der Waals surface area contributed by atoms with E-state index in [4.69, 9.17) is 0 Å². The van der Waals surface area contributed by atoms with Crippen molar-refractivity contribution < 1.29 is 13.2 Å². The fourth-order valence-corrected chi connectivity index (χ4v) is 0.520. The van der Waals surface area contributed by atoms with Gasteiger partial charge in [-0.15, -0.1) is 12.4 Å². The van der Waals surface area contributed by atoms with Crippen molar-refractivity contribution in [2.75, 3.05) is 13.1 Å². The van der Waals surface area contributed by atoms with Crippen LogP contribution in [0.5, 0.6) is 0 Å². The number of halogens is 4. The van der Waals surface area contributed by atoms with E-state index >= 15 is 0 Å². The highest BCUT2D eigenvalue weighted by Gasteiger charge is 2.42. The van der Waals surface area contributed by atoms with Crippen LogP contribution in [0.25, 0.3) is 0 Å². The van der Waals surface area contributed by atoms with Crippen LogP contribution in [-0.2, 0) is 0 Å². The predicted octanol–water partition coefficient (Wildman–Crippen LogP) is 1.19. The van der Waals surface area contributed by atoms with Gasteiger partial charge in [0, 0.05) is 13.1 Å². The van der Waals surface area contributed by atoms with Gasteiger partial charge in [0.25, 0.3) is 0 Å². The lowest BCUT2D eigenvalue weighted by Crippen LogP contribution is -2.50. The van der Waals surface area contributed by atoms with Crippen LogP contribution in [-0.4, -0.2) is 19.3 Å². The van der Waals surface area contributed by atoms with Crippen LogP contribution in [0.4, 0.5) is 13.2 Å². The van der Waals surface area contributed by atoms with Gasteiger partial charge in [0.1, 0.15) is 0 Å². The van der Waals surface area contributed by atoms with Gasteiger partial charge < -0.3 is 5.32 Å². The number of alkyl halides is 3. The first kappa shape index (κ1) is 9.04. The summed E-state index contributed by atoms with van der Waals surface area (Å²) in [5, 5.41) is 2.55. The molecule has 1 nitrogen and oxygen atoms in total. The summed E-state index contributed by atoms with van der Waals surface area (Å²) in [5.74, 6) is -1.08. The zero-order chi connectivity index (χ0) is 6.20. The molecular weight excluding hydrogens is 154 g/mol. The molecule has 9 heavy (non-hydrogen) atoms. The Morgan fingerprint density at radius 3 is 1.67 bits per heavy atom. The molecular formula is C4H7ClF3N. The third kappa shape index (κ3) is 2.02. The molecule has 1 heterocycles. The molecule has 56 valence electrons. The molecule has 5 heteroatoms. The first-order chi connectivity index (χ1) is 3.61. The lowest BCUT2D eigenvalue weighted by Gasteiger charge is -2.28. The maximum Gasteiger partial charge on any atom is 0.394 e. The average Bonchev–Trinajstić information content (AvgIpc) is 1.16. The van der Waals surface area contributed by atoms with Gasteiger partial charge >= 0.3 is 6.18 Å². The second kappa shape index (κ2) is 2.75. The molecule has 0 saturated carbocycles. The molecule has 1 aliphatic heterocycles. The average molecular weight is 162 g/mol. The second-order valence-corrected chi connectivity index (χ2v) is 1.90. The van der Waals surface area contributed by atoms with E-state index in [9.17, 15) is 13.2 Å². The van der Waals surface area contributed by atoms with E-state index in [-0.39, 0.29) is 25.5 Å². The van der Waals surface area contributed by atoms with E-state index in [0.29, 0.717) is 0 Å². The van der Waals surface area contributed by atoms with E-state index in [2.05, 4.69) is 5.32 Å². The van der Waals surface area contributed by atoms with Crippen LogP contribution in [0.1, 0.15) is 0 Å². The Kier molecular flexibility index (Phi) is 2.76. The van der Waals surface area contributed by atoms with E-state index < -0.39 is 12.1 Å². The molecule has 0 aliphatic carbocycles. The molecule has 0 spiro atoms. The fourth-order valence-electron chi connectivity index (χ4n) is 0.520. The molecule has 0 unspecified atom stereocenters. The Labute approximate surface area is 57.0 Å². The van der Waals surface area contributed by atoms with Crippen molar-refractivity contribution >= 4 is 12.4 Å². The quantitative estimate of drug-likeness (QED) is 0.563. The van der Waals surface area contributed by atoms with Gasteiger partial charge in [-0.05, 0) is 0 Å². The summed E-state index contributed by atoms with van der Waals surface area (Å²) in [7, 11) is 0. The topological polar surface area (TPSA) is 12.0 Å². The lowest BCUT2D eigenvalue weighted by molar-refractivity contribution is -0.185. The minimum atomic E-state index is -3.97. The minimum absolute atomic E-state index is 0. The van der Waals surface area contributed by atoms with Gasteiger partial charge in [-0.3, -0.25) is 0 Å². The second-order valence-electron chi connectivity index (χ2n) is 1.90. The Morgan fingerprint density at radius 2 is 1.67 bits per heavy atom. The number of rotatable bonds is 0. The molecule has 0 radical (unpaired) electrons. The predicted molar refractivity (Wildman–Crippen MR) is 29.7 cm³/mol. The van der Waals surface area contributed by atoms with Crippen LogP contribution in [0.3, 0.4) is 0 Å². The van der Waals surface area contributed by atoms with Crippen LogP contribution >= 0.6 is 12.4 Å². The first-order valence-electron chi connectivity index (χ1n) is 2.38. The van der Waals surface area contributed by atoms with Crippen LogP contribution in [0.2, 0.25) is 0 Å². The van der Waals surface area contributed by atoms with Crippen molar-refractivity contribution in [3.63, 3.8) is 0 Å². The monoisotopic (exact) mass is 161 g/mol. The van der Waals surface area contributed by atoms with Gasteiger partial charge in [-0.2, -0.15) is 13.2 Å². The van der Waals surface area contributed by atoms with Crippen molar-refractivity contribution in [2.24, 2.45) is 5.92 Å². The normalized spacial score (nSPS) is 20.3. The van der Waals surface area contributed by atoms with Crippen LogP contribution in [0.15, 0.2) is 0 Å². The maximum absolute atomic E-state index is 11.5. The largest absolute Gasteiger partial charge is 0.394 e. The SMILES string of the molecule is Cl.FC(F)(F)C1CNC1. The molecule has 0 atom stereocenters. The summed E-state index contributed by atoms with van der Waals surface area (Å²) in [6, 6.07) is 0. The van der Waals surface area contributed by atoms with Crippen molar-refractivity contribution in [3.05, 3.63) is 0 Å². The molecule has 0 aromatic carbocycles. The Hall–Kier alpha value is 0.0400. The summed E-state index contributed by atoms with van der Waals surface area (Å²) in [6.45, 7) is 0.201. The minimum Gasteiger partial charge on any atom is -0.315 e. The Morgan fingerprint density at radius 1 is 1.22 bits per heavy atom. The van der Waals surface area contributed by atoms with Crippen molar-refractivity contribution in [1.29, 1.82) is 0 Å². The van der Waals surface area contributed by atoms with Crippen molar-refractivity contribution in [3.8, 4) is 0 Å². The molecule has 1 rings (SSSR count). The summed E-state index contributed by atoms with van der Waals surface area (Å²) >= 11 is 0. The van der Waals surface area contributed by atoms with Gasteiger partial charge in [-0.25, -0.2) is 0 Å². The molecule has 1 fully saturated rings. The van der Waals surface area contributed by atoms with Crippen LogP contribution < -0.4 is 5.32 Å². The van der Waals surface area contributed by atoms with E-state index in [1.165, 1.54) is 0 Å². The molecule has 0 amide bonds. The molecule has 0 aromatic rings.